The van der Waals surface area contributed by atoms with E-state index < -0.39 is 0 Å². The molecular formula is C38H64N4O2. The fraction of sp³-hybridized carbons (Fsp3) is 0.605. The fourth-order valence-electron chi connectivity index (χ4n) is 4.46. The first-order chi connectivity index (χ1) is 21.4. The predicted molar refractivity (Wildman–Crippen MR) is 193 cm³/mol. The van der Waals surface area contributed by atoms with E-state index in [-0.39, 0.29) is 0 Å². The number of carbonyl (C=O) groups is 1. The molecule has 0 amide bonds. The standard InChI is InChI=1S/C13H20N2O.C10H16N2.C10H14O.C3H8.C2H6/c1-11-9-13(15(10-11)7-8-16)5-4-12-3-2-6-14-12;1-3-4-8-12(2)10-6-5-7-11-9-10;1-4-6-10(3)7-9-11-8-5-2;1-3-2;1-2/h2,6,8,11,13H,3-5,7,9-10H2,1H3;5-7,9H,3-4,8H2,1-2H3;1,5-6,8H,7,9H2,2-3H3;3H2,1-2H3;1-2H3/b;;8-5+,10-6+;;/t11?,13-;;;;/m0..../s1. The van der Waals surface area contributed by atoms with Crippen LogP contribution >= 0.6 is 0 Å². The molecule has 2 aliphatic heterocycles. The Labute approximate surface area is 271 Å². The Bertz CT molecular complexity index is 963. The number of carbonyl (C=O) groups excluding carboxylic acids is 1. The van der Waals surface area contributed by atoms with E-state index in [2.05, 4.69) is 72.6 Å². The summed E-state index contributed by atoms with van der Waals surface area (Å²) in [6.45, 7) is 20.1. The summed E-state index contributed by atoms with van der Waals surface area (Å²) in [5, 5.41) is 0. The number of ether oxygens (including phenoxy) is 1. The van der Waals surface area contributed by atoms with Crippen LogP contribution in [0.25, 0.3) is 0 Å². The van der Waals surface area contributed by atoms with E-state index in [0.29, 0.717) is 19.2 Å². The molecule has 1 fully saturated rings. The van der Waals surface area contributed by atoms with Gasteiger partial charge in [0.15, 0.2) is 0 Å². The molecule has 0 aromatic carbocycles. The van der Waals surface area contributed by atoms with E-state index in [4.69, 9.17) is 11.2 Å². The summed E-state index contributed by atoms with van der Waals surface area (Å²) in [7, 11) is 2.10. The minimum atomic E-state index is 0.587. The van der Waals surface area contributed by atoms with Crippen LogP contribution in [0.4, 0.5) is 5.69 Å². The van der Waals surface area contributed by atoms with Crippen molar-refractivity contribution in [1.82, 2.24) is 9.88 Å². The van der Waals surface area contributed by atoms with Crippen LogP contribution in [0.2, 0.25) is 0 Å². The summed E-state index contributed by atoms with van der Waals surface area (Å²) < 4.78 is 5.11. The van der Waals surface area contributed by atoms with Crippen molar-refractivity contribution in [3.8, 4) is 12.3 Å². The molecule has 1 saturated heterocycles. The van der Waals surface area contributed by atoms with Crippen LogP contribution < -0.4 is 4.90 Å². The maximum absolute atomic E-state index is 10.6. The number of hydrogen-bond donors (Lipinski definition) is 0. The second-order valence-corrected chi connectivity index (χ2v) is 10.9. The number of likely N-dealkylation sites (tertiary alicyclic amines) is 1. The summed E-state index contributed by atoms with van der Waals surface area (Å²) in [5.41, 5.74) is 3.67. The van der Waals surface area contributed by atoms with Crippen LogP contribution in [0.1, 0.15) is 107 Å². The van der Waals surface area contributed by atoms with Crippen molar-refractivity contribution in [1.29, 1.82) is 0 Å². The number of aliphatic imine (C=N–C) groups is 1. The molecule has 0 N–H and O–H groups in total. The summed E-state index contributed by atoms with van der Waals surface area (Å²) in [6, 6.07) is 4.64. The van der Waals surface area contributed by atoms with E-state index in [1.807, 2.05) is 52.2 Å². The van der Waals surface area contributed by atoms with E-state index in [1.54, 1.807) is 18.5 Å². The van der Waals surface area contributed by atoms with Gasteiger partial charge in [-0.1, -0.05) is 78.0 Å². The number of rotatable bonds is 13. The lowest BCUT2D eigenvalue weighted by Gasteiger charge is -2.21. The molecule has 1 aromatic heterocycles. The number of pyridine rings is 1. The third-order valence-electron chi connectivity index (χ3n) is 6.64. The first-order valence-corrected chi connectivity index (χ1v) is 16.7. The number of anilines is 1. The second kappa shape index (κ2) is 31.3. The quantitative estimate of drug-likeness (QED) is 0.0967. The molecule has 248 valence electrons. The minimum Gasteiger partial charge on any atom is -0.501 e. The molecule has 1 aromatic rings. The van der Waals surface area contributed by atoms with Gasteiger partial charge in [0.25, 0.3) is 0 Å². The highest BCUT2D eigenvalue weighted by Crippen LogP contribution is 2.26. The normalized spacial score (nSPS) is 16.9. The SMILES string of the molecule is C#C/C=C(\C)CCO/C=C/C.CC.CC1C[C@H](CCC2=NC=CC2)N(CC=O)C1.CCC.CCCCN(C)c1cccnc1. The number of hydrogen-bond acceptors (Lipinski definition) is 6. The van der Waals surface area contributed by atoms with Crippen LogP contribution in [-0.4, -0.2) is 61.2 Å². The summed E-state index contributed by atoms with van der Waals surface area (Å²) in [4.78, 5) is 23.6. The smallest absolute Gasteiger partial charge is 0.133 e. The molecule has 2 aliphatic rings. The van der Waals surface area contributed by atoms with Crippen LogP contribution in [-0.2, 0) is 9.53 Å². The topological polar surface area (TPSA) is 58.0 Å². The number of aldehydes is 1. The Balaban J connectivity index is 0. The third kappa shape index (κ3) is 23.3. The average Bonchev–Trinajstić information content (AvgIpc) is 3.69. The van der Waals surface area contributed by atoms with Crippen molar-refractivity contribution >= 4 is 17.7 Å². The number of nitrogens with zero attached hydrogens (tertiary/aromatic N) is 4. The molecule has 6 nitrogen and oxygen atoms in total. The first-order valence-electron chi connectivity index (χ1n) is 16.7. The highest BCUT2D eigenvalue weighted by molar-refractivity contribution is 5.88. The maximum Gasteiger partial charge on any atom is 0.133 e. The van der Waals surface area contributed by atoms with Gasteiger partial charge < -0.3 is 14.4 Å². The number of terminal acetylenes is 1. The Morgan fingerprint density at radius 1 is 1.27 bits per heavy atom. The van der Waals surface area contributed by atoms with Crippen LogP contribution in [0, 0.1) is 18.3 Å². The fourth-order valence-corrected chi connectivity index (χ4v) is 4.46. The third-order valence-corrected chi connectivity index (χ3v) is 6.64. The lowest BCUT2D eigenvalue weighted by Crippen LogP contribution is -2.31. The monoisotopic (exact) mass is 609 g/mol. The Morgan fingerprint density at radius 2 is 2.00 bits per heavy atom. The molecule has 3 heterocycles. The van der Waals surface area contributed by atoms with Crippen molar-refractivity contribution in [2.75, 3.05) is 38.2 Å². The lowest BCUT2D eigenvalue weighted by molar-refractivity contribution is -0.109. The lowest BCUT2D eigenvalue weighted by atomic mass is 10.0. The van der Waals surface area contributed by atoms with Gasteiger partial charge in [0.2, 0.25) is 0 Å². The van der Waals surface area contributed by atoms with Crippen LogP contribution in [0.3, 0.4) is 0 Å². The molecular weight excluding hydrogens is 544 g/mol. The van der Waals surface area contributed by atoms with Crippen molar-refractivity contribution in [2.45, 2.75) is 113 Å². The van der Waals surface area contributed by atoms with Gasteiger partial charge in [-0.15, -0.1) is 6.42 Å². The molecule has 0 saturated carbocycles. The number of aromatic nitrogens is 1. The highest BCUT2D eigenvalue weighted by atomic mass is 16.5. The molecule has 44 heavy (non-hydrogen) atoms. The number of unbranched alkanes of at least 4 members (excludes halogenated alkanes) is 1. The minimum absolute atomic E-state index is 0.587. The highest BCUT2D eigenvalue weighted by Gasteiger charge is 2.28. The van der Waals surface area contributed by atoms with Crippen LogP contribution in [0.15, 0.2) is 65.8 Å². The molecule has 0 aliphatic carbocycles. The van der Waals surface area contributed by atoms with E-state index in [0.717, 1.165) is 51.0 Å². The second-order valence-electron chi connectivity index (χ2n) is 10.9. The van der Waals surface area contributed by atoms with Gasteiger partial charge in [-0.25, -0.2) is 0 Å². The zero-order valence-electron chi connectivity index (χ0n) is 29.6. The predicted octanol–water partition coefficient (Wildman–Crippen LogP) is 9.30. The molecule has 1 unspecified atom stereocenters. The Kier molecular flexibility index (Phi) is 30.5. The first kappa shape index (κ1) is 43.0. The zero-order chi connectivity index (χ0) is 33.4. The summed E-state index contributed by atoms with van der Waals surface area (Å²) >= 11 is 0. The van der Waals surface area contributed by atoms with Gasteiger partial charge in [0.1, 0.15) is 6.29 Å². The number of allylic oxidation sites excluding steroid dienone is 3. The molecule has 6 heteroatoms. The Hall–Kier alpha value is -3.17. The van der Waals surface area contributed by atoms with Gasteiger partial charge in [-0.3, -0.25) is 14.9 Å². The van der Waals surface area contributed by atoms with Crippen molar-refractivity contribution in [3.63, 3.8) is 0 Å². The molecule has 3 rings (SSSR count). The van der Waals surface area contributed by atoms with Gasteiger partial charge in [0, 0.05) is 57.1 Å². The zero-order valence-corrected chi connectivity index (χ0v) is 29.6. The maximum atomic E-state index is 10.6. The van der Waals surface area contributed by atoms with Crippen molar-refractivity contribution in [3.05, 3.63) is 60.8 Å². The molecule has 0 radical (unpaired) electrons. The van der Waals surface area contributed by atoms with Crippen molar-refractivity contribution in [2.24, 2.45) is 10.9 Å². The van der Waals surface area contributed by atoms with Gasteiger partial charge in [-0.05, 0) is 63.7 Å². The summed E-state index contributed by atoms with van der Waals surface area (Å²) in [5.74, 6) is 3.20. The van der Waals surface area contributed by atoms with E-state index >= 15 is 0 Å². The van der Waals surface area contributed by atoms with Crippen LogP contribution in [0.5, 0.6) is 0 Å². The van der Waals surface area contributed by atoms with Gasteiger partial charge >= 0.3 is 0 Å². The van der Waals surface area contributed by atoms with Gasteiger partial charge in [-0.2, -0.15) is 0 Å². The largest absolute Gasteiger partial charge is 0.501 e. The molecule has 0 bridgehead atoms. The average molecular weight is 609 g/mol. The van der Waals surface area contributed by atoms with Gasteiger partial charge in [0.05, 0.1) is 31.3 Å². The van der Waals surface area contributed by atoms with E-state index in [9.17, 15) is 4.79 Å². The van der Waals surface area contributed by atoms with Crippen molar-refractivity contribution < 1.29 is 9.53 Å². The molecule has 0 spiro atoms. The Morgan fingerprint density at radius 3 is 2.55 bits per heavy atom. The summed E-state index contributed by atoms with van der Waals surface area (Å²) in [6.07, 6.45) is 28.2. The van der Waals surface area contributed by atoms with E-state index in [1.165, 1.54) is 42.7 Å². The molecule has 2 atom stereocenters.